The third-order valence-electron chi connectivity index (χ3n) is 2.13. The van der Waals surface area contributed by atoms with Gasteiger partial charge in [0, 0.05) is 10.7 Å². The van der Waals surface area contributed by atoms with E-state index in [1.165, 1.54) is 0 Å². The molecule has 0 aliphatic heterocycles. The highest BCUT2D eigenvalue weighted by Gasteiger charge is 2.08. The number of amides is 2. The number of urea groups is 1. The summed E-state index contributed by atoms with van der Waals surface area (Å²) in [5, 5.41) is 14.8. The SMILES string of the molecule is CC[C@@H](CO)NC(=O)Nc1cccc(Cl)c1. The van der Waals surface area contributed by atoms with Crippen molar-refractivity contribution in [2.75, 3.05) is 11.9 Å². The van der Waals surface area contributed by atoms with Gasteiger partial charge in [-0.3, -0.25) is 0 Å². The van der Waals surface area contributed by atoms with Crippen molar-refractivity contribution >= 4 is 23.3 Å². The lowest BCUT2D eigenvalue weighted by Crippen LogP contribution is -2.39. The third kappa shape index (κ3) is 4.08. The topological polar surface area (TPSA) is 61.4 Å². The highest BCUT2D eigenvalue weighted by molar-refractivity contribution is 6.30. The molecular weight excluding hydrogens is 228 g/mol. The van der Waals surface area contributed by atoms with Crippen LogP contribution < -0.4 is 10.6 Å². The number of aliphatic hydroxyl groups is 1. The molecule has 3 N–H and O–H groups in total. The van der Waals surface area contributed by atoms with Crippen molar-refractivity contribution in [1.82, 2.24) is 5.32 Å². The van der Waals surface area contributed by atoms with Gasteiger partial charge in [0.2, 0.25) is 0 Å². The van der Waals surface area contributed by atoms with Crippen LogP contribution in [0.2, 0.25) is 5.02 Å². The second kappa shape index (κ2) is 6.35. The van der Waals surface area contributed by atoms with Gasteiger partial charge in [0.05, 0.1) is 12.6 Å². The second-order valence-electron chi connectivity index (χ2n) is 3.40. The molecule has 0 aromatic heterocycles. The number of carbonyl (C=O) groups is 1. The van der Waals surface area contributed by atoms with Crippen LogP contribution in [-0.4, -0.2) is 23.8 Å². The van der Waals surface area contributed by atoms with Crippen LogP contribution in [0.15, 0.2) is 24.3 Å². The van der Waals surface area contributed by atoms with Crippen molar-refractivity contribution in [3.63, 3.8) is 0 Å². The van der Waals surface area contributed by atoms with E-state index in [-0.39, 0.29) is 18.7 Å². The molecule has 4 nitrogen and oxygen atoms in total. The average Bonchev–Trinajstić information content (AvgIpc) is 2.26. The highest BCUT2D eigenvalue weighted by Crippen LogP contribution is 2.14. The normalized spacial score (nSPS) is 11.9. The monoisotopic (exact) mass is 242 g/mol. The van der Waals surface area contributed by atoms with Gasteiger partial charge in [0.1, 0.15) is 0 Å². The zero-order chi connectivity index (χ0) is 12.0. The largest absolute Gasteiger partial charge is 0.394 e. The summed E-state index contributed by atoms with van der Waals surface area (Å²) in [6, 6.07) is 6.31. The summed E-state index contributed by atoms with van der Waals surface area (Å²) < 4.78 is 0. The Morgan fingerprint density at radius 1 is 1.56 bits per heavy atom. The number of hydrogen-bond acceptors (Lipinski definition) is 2. The molecule has 0 unspecified atom stereocenters. The first-order valence-corrected chi connectivity index (χ1v) is 5.47. The van der Waals surface area contributed by atoms with Gasteiger partial charge in [-0.2, -0.15) is 0 Å². The Labute approximate surface area is 99.6 Å². The fourth-order valence-corrected chi connectivity index (χ4v) is 1.39. The molecule has 0 fully saturated rings. The van der Waals surface area contributed by atoms with Crippen molar-refractivity contribution in [1.29, 1.82) is 0 Å². The molecule has 0 bridgehead atoms. The van der Waals surface area contributed by atoms with Crippen molar-refractivity contribution < 1.29 is 9.90 Å². The van der Waals surface area contributed by atoms with Crippen LogP contribution in [0, 0.1) is 0 Å². The molecule has 2 amide bonds. The Morgan fingerprint density at radius 3 is 2.88 bits per heavy atom. The first-order valence-electron chi connectivity index (χ1n) is 5.09. The van der Waals surface area contributed by atoms with Crippen molar-refractivity contribution in [3.8, 4) is 0 Å². The standard InChI is InChI=1S/C11H15ClN2O2/c1-2-9(7-15)13-11(16)14-10-5-3-4-8(12)6-10/h3-6,9,15H,2,7H2,1H3,(H2,13,14,16)/t9-/m0/s1. The van der Waals surface area contributed by atoms with E-state index in [9.17, 15) is 4.79 Å². The predicted octanol–water partition coefficient (Wildman–Crippen LogP) is 2.23. The summed E-state index contributed by atoms with van der Waals surface area (Å²) in [4.78, 5) is 11.5. The molecule has 1 aromatic carbocycles. The van der Waals surface area contributed by atoms with Gasteiger partial charge in [-0.05, 0) is 24.6 Å². The maximum atomic E-state index is 11.5. The van der Waals surface area contributed by atoms with Gasteiger partial charge in [-0.15, -0.1) is 0 Å². The van der Waals surface area contributed by atoms with E-state index < -0.39 is 0 Å². The fourth-order valence-electron chi connectivity index (χ4n) is 1.20. The molecule has 5 heteroatoms. The summed E-state index contributed by atoms with van der Waals surface area (Å²) in [5.41, 5.74) is 0.623. The molecular formula is C11H15ClN2O2. The zero-order valence-electron chi connectivity index (χ0n) is 9.03. The van der Waals surface area contributed by atoms with Gasteiger partial charge >= 0.3 is 6.03 Å². The molecule has 0 aliphatic carbocycles. The molecule has 88 valence electrons. The molecule has 0 radical (unpaired) electrons. The lowest BCUT2D eigenvalue weighted by molar-refractivity contribution is 0.222. The molecule has 16 heavy (non-hydrogen) atoms. The molecule has 1 aromatic rings. The minimum atomic E-state index is -0.344. The van der Waals surface area contributed by atoms with Gasteiger partial charge in [0.25, 0.3) is 0 Å². The quantitative estimate of drug-likeness (QED) is 0.758. The second-order valence-corrected chi connectivity index (χ2v) is 3.83. The molecule has 1 atom stereocenters. The summed E-state index contributed by atoms with van der Waals surface area (Å²) >= 11 is 5.78. The van der Waals surface area contributed by atoms with Crippen LogP contribution in [-0.2, 0) is 0 Å². The van der Waals surface area contributed by atoms with E-state index in [4.69, 9.17) is 16.7 Å². The smallest absolute Gasteiger partial charge is 0.319 e. The Morgan fingerprint density at radius 2 is 2.31 bits per heavy atom. The first-order chi connectivity index (χ1) is 7.65. The Kier molecular flexibility index (Phi) is 5.08. The van der Waals surface area contributed by atoms with E-state index in [0.717, 1.165) is 0 Å². The van der Waals surface area contributed by atoms with Gasteiger partial charge < -0.3 is 15.7 Å². The maximum absolute atomic E-state index is 11.5. The summed E-state index contributed by atoms with van der Waals surface area (Å²) in [7, 11) is 0. The molecule has 0 saturated carbocycles. The third-order valence-corrected chi connectivity index (χ3v) is 2.37. The first kappa shape index (κ1) is 12.8. The number of anilines is 1. The minimum Gasteiger partial charge on any atom is -0.394 e. The Hall–Kier alpha value is -1.26. The van der Waals surface area contributed by atoms with Crippen LogP contribution in [0.4, 0.5) is 10.5 Å². The zero-order valence-corrected chi connectivity index (χ0v) is 9.79. The molecule has 0 spiro atoms. The van der Waals surface area contributed by atoms with Gasteiger partial charge in [0.15, 0.2) is 0 Å². The Bertz CT molecular complexity index is 354. The lowest BCUT2D eigenvalue weighted by atomic mass is 10.2. The highest BCUT2D eigenvalue weighted by atomic mass is 35.5. The number of halogens is 1. The molecule has 0 saturated heterocycles. The minimum absolute atomic E-state index is 0.0700. The number of rotatable bonds is 4. The number of nitrogens with one attached hydrogen (secondary N) is 2. The van der Waals surface area contributed by atoms with Crippen molar-refractivity contribution in [2.24, 2.45) is 0 Å². The fraction of sp³-hybridized carbons (Fsp3) is 0.364. The number of carbonyl (C=O) groups excluding carboxylic acids is 1. The van der Waals surface area contributed by atoms with E-state index in [2.05, 4.69) is 10.6 Å². The van der Waals surface area contributed by atoms with Gasteiger partial charge in [-0.25, -0.2) is 4.79 Å². The van der Waals surface area contributed by atoms with E-state index >= 15 is 0 Å². The number of benzene rings is 1. The van der Waals surface area contributed by atoms with Crippen molar-refractivity contribution in [3.05, 3.63) is 29.3 Å². The lowest BCUT2D eigenvalue weighted by Gasteiger charge is -2.14. The van der Waals surface area contributed by atoms with Crippen molar-refractivity contribution in [2.45, 2.75) is 19.4 Å². The number of hydrogen-bond donors (Lipinski definition) is 3. The van der Waals surface area contributed by atoms with E-state index in [1.807, 2.05) is 6.92 Å². The summed E-state index contributed by atoms with van der Waals surface area (Å²) in [6.45, 7) is 1.82. The van der Waals surface area contributed by atoms with Crippen LogP contribution in [0.3, 0.4) is 0 Å². The Balaban J connectivity index is 2.51. The van der Waals surface area contributed by atoms with Crippen LogP contribution in [0.5, 0.6) is 0 Å². The van der Waals surface area contributed by atoms with Crippen LogP contribution in [0.1, 0.15) is 13.3 Å². The van der Waals surface area contributed by atoms with Gasteiger partial charge in [-0.1, -0.05) is 24.6 Å². The van der Waals surface area contributed by atoms with E-state index in [1.54, 1.807) is 24.3 Å². The predicted molar refractivity (Wildman–Crippen MR) is 64.8 cm³/mol. The number of aliphatic hydroxyl groups excluding tert-OH is 1. The molecule has 0 heterocycles. The van der Waals surface area contributed by atoms with Crippen LogP contribution in [0.25, 0.3) is 0 Å². The van der Waals surface area contributed by atoms with E-state index in [0.29, 0.717) is 17.1 Å². The summed E-state index contributed by atoms with van der Waals surface area (Å²) in [5.74, 6) is 0. The maximum Gasteiger partial charge on any atom is 0.319 e. The summed E-state index contributed by atoms with van der Waals surface area (Å²) in [6.07, 6.45) is 0.680. The van der Waals surface area contributed by atoms with Crippen LogP contribution >= 0.6 is 11.6 Å². The molecule has 0 aliphatic rings. The average molecular weight is 243 g/mol. The molecule has 1 rings (SSSR count).